The highest BCUT2D eigenvalue weighted by molar-refractivity contribution is 7.92. The van der Waals surface area contributed by atoms with Crippen LogP contribution in [0.3, 0.4) is 0 Å². The SMILES string of the molecule is O=C(Nc1nc(-c2ccccc2NS(=O)(=O)c2ccccc2)cs1)C1CCCN1C(=O)OCc1ccccc1. The van der Waals surface area contributed by atoms with Gasteiger partial charge in [-0.05, 0) is 36.6 Å². The Morgan fingerprint density at radius 1 is 0.974 bits per heavy atom. The maximum Gasteiger partial charge on any atom is 0.410 e. The van der Waals surface area contributed by atoms with Gasteiger partial charge >= 0.3 is 6.09 Å². The number of aromatic nitrogens is 1. The maximum atomic E-state index is 13.1. The lowest BCUT2D eigenvalue weighted by Gasteiger charge is -2.22. The van der Waals surface area contributed by atoms with E-state index in [0.717, 1.165) is 5.56 Å². The van der Waals surface area contributed by atoms with Crippen molar-refractivity contribution in [2.24, 2.45) is 0 Å². The number of amides is 2. The highest BCUT2D eigenvalue weighted by Gasteiger charge is 2.35. The summed E-state index contributed by atoms with van der Waals surface area (Å²) in [6.07, 6.45) is 0.682. The fraction of sp³-hybridized carbons (Fsp3) is 0.179. The topological polar surface area (TPSA) is 118 Å². The molecule has 4 aromatic rings. The zero-order chi connectivity index (χ0) is 27.2. The largest absolute Gasteiger partial charge is 0.445 e. The molecule has 5 rings (SSSR count). The van der Waals surface area contributed by atoms with Crippen molar-refractivity contribution in [1.29, 1.82) is 0 Å². The van der Waals surface area contributed by atoms with Crippen molar-refractivity contribution < 1.29 is 22.7 Å². The van der Waals surface area contributed by atoms with Crippen LogP contribution in [0.1, 0.15) is 18.4 Å². The quantitative estimate of drug-likeness (QED) is 0.299. The molecule has 0 radical (unpaired) electrons. The number of carbonyl (C=O) groups is 2. The van der Waals surface area contributed by atoms with Crippen molar-refractivity contribution in [1.82, 2.24) is 9.88 Å². The van der Waals surface area contributed by atoms with Gasteiger partial charge in [0.2, 0.25) is 5.91 Å². The number of rotatable bonds is 8. The summed E-state index contributed by atoms with van der Waals surface area (Å²) in [5.41, 5.74) is 2.31. The molecule has 0 aliphatic carbocycles. The normalized spacial score (nSPS) is 15.1. The fourth-order valence-corrected chi connectivity index (χ4v) is 6.12. The maximum absolute atomic E-state index is 13.1. The van der Waals surface area contributed by atoms with Crippen LogP contribution >= 0.6 is 11.3 Å². The van der Waals surface area contributed by atoms with Gasteiger partial charge in [-0.25, -0.2) is 18.2 Å². The lowest BCUT2D eigenvalue weighted by atomic mass is 10.1. The number of nitrogens with one attached hydrogen (secondary N) is 2. The van der Waals surface area contributed by atoms with Crippen LogP contribution in [0.4, 0.5) is 15.6 Å². The molecule has 1 atom stereocenters. The monoisotopic (exact) mass is 562 g/mol. The van der Waals surface area contributed by atoms with Crippen LogP contribution in [0.25, 0.3) is 11.3 Å². The summed E-state index contributed by atoms with van der Waals surface area (Å²) in [6, 6.07) is 23.7. The molecule has 1 aliphatic rings. The highest BCUT2D eigenvalue weighted by Crippen LogP contribution is 2.32. The van der Waals surface area contributed by atoms with Crippen molar-refractivity contribution in [3.05, 3.63) is 95.9 Å². The number of likely N-dealkylation sites (tertiary alicyclic amines) is 1. The number of hydrogen-bond acceptors (Lipinski definition) is 7. The summed E-state index contributed by atoms with van der Waals surface area (Å²) in [7, 11) is -3.80. The zero-order valence-corrected chi connectivity index (χ0v) is 22.5. The number of carbonyl (C=O) groups excluding carboxylic acids is 2. The number of ether oxygens (including phenoxy) is 1. The lowest BCUT2D eigenvalue weighted by Crippen LogP contribution is -2.43. The van der Waals surface area contributed by atoms with Gasteiger partial charge in [-0.1, -0.05) is 66.7 Å². The van der Waals surface area contributed by atoms with Crippen LogP contribution in [0.2, 0.25) is 0 Å². The molecule has 1 unspecified atom stereocenters. The average molecular weight is 563 g/mol. The molecule has 1 aliphatic heterocycles. The van der Waals surface area contributed by atoms with Gasteiger partial charge in [-0.3, -0.25) is 14.4 Å². The van der Waals surface area contributed by atoms with Crippen LogP contribution < -0.4 is 10.0 Å². The van der Waals surface area contributed by atoms with E-state index in [-0.39, 0.29) is 17.4 Å². The van der Waals surface area contributed by atoms with Gasteiger partial charge < -0.3 is 10.1 Å². The van der Waals surface area contributed by atoms with Gasteiger partial charge in [0.1, 0.15) is 12.6 Å². The smallest absolute Gasteiger partial charge is 0.410 e. The Kier molecular flexibility index (Phi) is 7.89. The third-order valence-corrected chi connectivity index (χ3v) is 8.37. The van der Waals surface area contributed by atoms with E-state index in [1.807, 2.05) is 30.3 Å². The second-order valence-corrected chi connectivity index (χ2v) is 11.4. The molecule has 0 spiro atoms. The molecule has 11 heteroatoms. The third kappa shape index (κ3) is 6.27. The van der Waals surface area contributed by atoms with Crippen molar-refractivity contribution in [3.8, 4) is 11.3 Å². The summed E-state index contributed by atoms with van der Waals surface area (Å²) in [5, 5.41) is 4.90. The van der Waals surface area contributed by atoms with E-state index in [2.05, 4.69) is 15.0 Å². The highest BCUT2D eigenvalue weighted by atomic mass is 32.2. The van der Waals surface area contributed by atoms with Crippen molar-refractivity contribution >= 4 is 44.2 Å². The predicted molar refractivity (Wildman–Crippen MR) is 150 cm³/mol. The van der Waals surface area contributed by atoms with E-state index in [1.54, 1.807) is 47.8 Å². The molecule has 39 heavy (non-hydrogen) atoms. The Bertz CT molecular complexity index is 1560. The van der Waals surface area contributed by atoms with Crippen LogP contribution in [-0.2, 0) is 26.2 Å². The van der Waals surface area contributed by atoms with Crippen molar-refractivity contribution in [2.45, 2.75) is 30.4 Å². The van der Waals surface area contributed by atoms with E-state index in [9.17, 15) is 18.0 Å². The predicted octanol–water partition coefficient (Wildman–Crippen LogP) is 5.35. The molecule has 2 heterocycles. The van der Waals surface area contributed by atoms with Gasteiger partial charge in [0.25, 0.3) is 10.0 Å². The molecule has 1 fully saturated rings. The number of nitrogens with zero attached hydrogens (tertiary/aromatic N) is 2. The van der Waals surface area contributed by atoms with E-state index >= 15 is 0 Å². The Morgan fingerprint density at radius 2 is 1.67 bits per heavy atom. The minimum Gasteiger partial charge on any atom is -0.445 e. The summed E-state index contributed by atoms with van der Waals surface area (Å²) >= 11 is 1.22. The summed E-state index contributed by atoms with van der Waals surface area (Å²) in [6.45, 7) is 0.567. The Labute approximate surface area is 230 Å². The number of para-hydroxylation sites is 1. The Hall–Kier alpha value is -4.22. The van der Waals surface area contributed by atoms with E-state index in [1.165, 1.54) is 28.4 Å². The van der Waals surface area contributed by atoms with Gasteiger partial charge in [-0.15, -0.1) is 11.3 Å². The first-order chi connectivity index (χ1) is 18.9. The van der Waals surface area contributed by atoms with Crippen molar-refractivity contribution in [3.63, 3.8) is 0 Å². The molecule has 1 saturated heterocycles. The molecule has 1 aromatic heterocycles. The first-order valence-corrected chi connectivity index (χ1v) is 14.7. The van der Waals surface area contributed by atoms with Crippen LogP contribution in [0, 0.1) is 0 Å². The van der Waals surface area contributed by atoms with Crippen LogP contribution in [0.5, 0.6) is 0 Å². The molecule has 9 nitrogen and oxygen atoms in total. The Balaban J connectivity index is 1.26. The van der Waals surface area contributed by atoms with Crippen LogP contribution in [0.15, 0.2) is 95.2 Å². The van der Waals surface area contributed by atoms with E-state index in [0.29, 0.717) is 41.5 Å². The molecule has 2 N–H and O–H groups in total. The number of sulfonamides is 1. The minimum atomic E-state index is -3.80. The first kappa shape index (κ1) is 26.4. The number of anilines is 2. The summed E-state index contributed by atoms with van der Waals surface area (Å²) in [4.78, 5) is 31.9. The minimum absolute atomic E-state index is 0.133. The van der Waals surface area contributed by atoms with Gasteiger partial charge in [0.05, 0.1) is 16.3 Å². The molecule has 0 saturated carbocycles. The standard InChI is InChI=1S/C28H26N4O5S2/c33-26(25-16-9-17-32(25)28(34)37-18-20-10-3-1-4-11-20)30-27-29-24(19-38-27)22-14-7-8-15-23(22)31-39(35,36)21-12-5-2-6-13-21/h1-8,10-15,19,25,31H,9,16-18H2,(H,29,30,33). The second-order valence-electron chi connectivity index (χ2n) is 8.88. The van der Waals surface area contributed by atoms with Gasteiger partial charge in [0.15, 0.2) is 5.13 Å². The first-order valence-electron chi connectivity index (χ1n) is 12.3. The summed E-state index contributed by atoms with van der Waals surface area (Å²) < 4.78 is 33.8. The van der Waals surface area contributed by atoms with Gasteiger partial charge in [0, 0.05) is 17.5 Å². The van der Waals surface area contributed by atoms with E-state index in [4.69, 9.17) is 4.74 Å². The Morgan fingerprint density at radius 3 is 2.44 bits per heavy atom. The van der Waals surface area contributed by atoms with Crippen LogP contribution in [-0.4, -0.2) is 42.9 Å². The summed E-state index contributed by atoms with van der Waals surface area (Å²) in [5.74, 6) is -0.344. The molecule has 200 valence electrons. The van der Waals surface area contributed by atoms with E-state index < -0.39 is 22.2 Å². The number of benzene rings is 3. The lowest BCUT2D eigenvalue weighted by molar-refractivity contribution is -0.120. The number of hydrogen-bond donors (Lipinski definition) is 2. The average Bonchev–Trinajstić information content (AvgIpc) is 3.63. The molecular formula is C28H26N4O5S2. The number of thiazole rings is 1. The van der Waals surface area contributed by atoms with Crippen molar-refractivity contribution in [2.75, 3.05) is 16.6 Å². The third-order valence-electron chi connectivity index (χ3n) is 6.23. The molecule has 3 aromatic carbocycles. The van der Waals surface area contributed by atoms with Gasteiger partial charge in [-0.2, -0.15) is 0 Å². The molecule has 0 bridgehead atoms. The molecule has 2 amide bonds. The fourth-order valence-electron chi connectivity index (χ4n) is 4.30. The second kappa shape index (κ2) is 11.7. The zero-order valence-electron chi connectivity index (χ0n) is 20.8. The molecular weight excluding hydrogens is 536 g/mol.